The summed E-state index contributed by atoms with van der Waals surface area (Å²) in [5.74, 6) is -0.351. The van der Waals surface area contributed by atoms with E-state index in [1.54, 1.807) is 12.1 Å². The van der Waals surface area contributed by atoms with Crippen LogP contribution in [0.25, 0.3) is 0 Å². The molecule has 0 saturated heterocycles. The lowest BCUT2D eigenvalue weighted by Crippen LogP contribution is -2.26. The molecule has 0 aromatic heterocycles. The van der Waals surface area contributed by atoms with Gasteiger partial charge in [-0.05, 0) is 30.7 Å². The van der Waals surface area contributed by atoms with E-state index in [9.17, 15) is 4.39 Å². The van der Waals surface area contributed by atoms with Crippen molar-refractivity contribution in [2.45, 2.75) is 26.3 Å². The van der Waals surface area contributed by atoms with E-state index in [2.05, 4.69) is 27.8 Å². The number of benzene rings is 1. The molecule has 0 saturated carbocycles. The van der Waals surface area contributed by atoms with Crippen molar-refractivity contribution in [3.63, 3.8) is 0 Å². The summed E-state index contributed by atoms with van der Waals surface area (Å²) in [4.78, 5) is 2.35. The third kappa shape index (κ3) is 5.36. The minimum atomic E-state index is -0.351. The fourth-order valence-corrected chi connectivity index (χ4v) is 2.37. The lowest BCUT2D eigenvalue weighted by atomic mass is 10.2. The molecule has 1 aromatic rings. The van der Waals surface area contributed by atoms with Crippen molar-refractivity contribution in [1.29, 1.82) is 0 Å². The first-order valence-corrected chi connectivity index (χ1v) is 7.39. The van der Waals surface area contributed by atoms with Gasteiger partial charge in [0, 0.05) is 18.4 Å². The first kappa shape index (κ1) is 14.9. The van der Waals surface area contributed by atoms with E-state index >= 15 is 0 Å². The highest BCUT2D eigenvalue weighted by Crippen LogP contribution is 2.17. The summed E-state index contributed by atoms with van der Waals surface area (Å²) in [6.07, 6.45) is 2.37. The minimum Gasteiger partial charge on any atom is -0.298 e. The quantitative estimate of drug-likeness (QED) is 0.669. The van der Waals surface area contributed by atoms with Crippen LogP contribution in [0.5, 0.6) is 0 Å². The maximum Gasteiger partial charge on any atom is 0.141 e. The molecular formula is C13H18BrClFN. The monoisotopic (exact) mass is 321 g/mol. The van der Waals surface area contributed by atoms with Crippen LogP contribution in [0.4, 0.5) is 4.39 Å². The molecule has 0 fully saturated rings. The van der Waals surface area contributed by atoms with Gasteiger partial charge in [-0.3, -0.25) is 4.90 Å². The Labute approximate surface area is 116 Å². The summed E-state index contributed by atoms with van der Waals surface area (Å²) in [7, 11) is 0. The zero-order valence-electron chi connectivity index (χ0n) is 10.1. The molecular weight excluding hydrogens is 305 g/mol. The molecule has 0 aliphatic heterocycles. The molecule has 1 aromatic carbocycles. The van der Waals surface area contributed by atoms with Crippen LogP contribution in [-0.4, -0.2) is 23.3 Å². The lowest BCUT2D eigenvalue weighted by molar-refractivity contribution is 0.278. The highest BCUT2D eigenvalue weighted by molar-refractivity contribution is 9.09. The average Bonchev–Trinajstić information content (AvgIpc) is 2.31. The molecule has 0 aliphatic rings. The lowest BCUT2D eigenvalue weighted by Gasteiger charge is -2.21. The predicted octanol–water partition coefficient (Wildman–Crippen LogP) is 4.48. The molecule has 4 heteroatoms. The maximum absolute atomic E-state index is 13.0. The van der Waals surface area contributed by atoms with Gasteiger partial charge in [-0.2, -0.15) is 0 Å². The van der Waals surface area contributed by atoms with Crippen LogP contribution in [0.3, 0.4) is 0 Å². The minimum absolute atomic E-state index is 0.205. The maximum atomic E-state index is 13.0. The van der Waals surface area contributed by atoms with Crippen LogP contribution in [0.15, 0.2) is 18.2 Å². The van der Waals surface area contributed by atoms with Crippen molar-refractivity contribution < 1.29 is 4.39 Å². The second-order valence-electron chi connectivity index (χ2n) is 4.07. The third-order valence-corrected chi connectivity index (χ3v) is 3.26. The second kappa shape index (κ2) is 8.06. The Morgan fingerprint density at radius 3 is 2.71 bits per heavy atom. The average molecular weight is 323 g/mol. The third-order valence-electron chi connectivity index (χ3n) is 2.62. The summed E-state index contributed by atoms with van der Waals surface area (Å²) in [5.41, 5.74) is 1.06. The number of hydrogen-bond acceptors (Lipinski definition) is 1. The molecule has 0 radical (unpaired) electrons. The molecule has 0 unspecified atom stereocenters. The molecule has 0 N–H and O–H groups in total. The molecule has 96 valence electrons. The van der Waals surface area contributed by atoms with Gasteiger partial charge in [0.05, 0.1) is 5.02 Å². The molecule has 0 bridgehead atoms. The van der Waals surface area contributed by atoms with Crippen LogP contribution in [0, 0.1) is 5.82 Å². The van der Waals surface area contributed by atoms with Crippen molar-refractivity contribution >= 4 is 27.5 Å². The van der Waals surface area contributed by atoms with Gasteiger partial charge < -0.3 is 0 Å². The van der Waals surface area contributed by atoms with Crippen LogP contribution < -0.4 is 0 Å². The number of rotatable bonds is 7. The highest BCUT2D eigenvalue weighted by Gasteiger charge is 2.07. The topological polar surface area (TPSA) is 3.24 Å². The number of unbranched alkanes of at least 4 members (excludes halogenated alkanes) is 1. The van der Waals surface area contributed by atoms with Gasteiger partial charge in [0.2, 0.25) is 0 Å². The molecule has 17 heavy (non-hydrogen) atoms. The van der Waals surface area contributed by atoms with Crippen molar-refractivity contribution in [3.8, 4) is 0 Å². The van der Waals surface area contributed by atoms with Crippen LogP contribution in [-0.2, 0) is 6.54 Å². The molecule has 1 nitrogen and oxygen atoms in total. The molecule has 0 amide bonds. The molecule has 0 atom stereocenters. The Morgan fingerprint density at radius 2 is 2.12 bits per heavy atom. The second-order valence-corrected chi connectivity index (χ2v) is 5.27. The van der Waals surface area contributed by atoms with Crippen molar-refractivity contribution in [2.24, 2.45) is 0 Å². The van der Waals surface area contributed by atoms with E-state index in [1.807, 2.05) is 0 Å². The number of nitrogens with zero attached hydrogens (tertiary/aromatic N) is 1. The summed E-state index contributed by atoms with van der Waals surface area (Å²) in [5, 5.41) is 1.16. The SMILES string of the molecule is CCCCN(CCBr)Cc1ccc(F)c(Cl)c1. The zero-order valence-corrected chi connectivity index (χ0v) is 12.4. The van der Waals surface area contributed by atoms with Gasteiger partial charge in [-0.15, -0.1) is 0 Å². The Bertz CT molecular complexity index is 346. The van der Waals surface area contributed by atoms with E-state index in [0.29, 0.717) is 0 Å². The highest BCUT2D eigenvalue weighted by atomic mass is 79.9. The summed E-state index contributed by atoms with van der Waals surface area (Å²) in [6.45, 7) is 5.07. The number of halogens is 3. The van der Waals surface area contributed by atoms with E-state index in [1.165, 1.54) is 18.9 Å². The Balaban J connectivity index is 2.61. The summed E-state index contributed by atoms with van der Waals surface area (Å²) < 4.78 is 13.0. The van der Waals surface area contributed by atoms with E-state index in [-0.39, 0.29) is 10.8 Å². The summed E-state index contributed by atoms with van der Waals surface area (Å²) in [6, 6.07) is 4.95. The van der Waals surface area contributed by atoms with Gasteiger partial charge >= 0.3 is 0 Å². The van der Waals surface area contributed by atoms with Crippen LogP contribution in [0.1, 0.15) is 25.3 Å². The first-order chi connectivity index (χ1) is 8.17. The number of hydrogen-bond donors (Lipinski definition) is 0. The largest absolute Gasteiger partial charge is 0.298 e. The van der Waals surface area contributed by atoms with Gasteiger partial charge in [-0.25, -0.2) is 4.39 Å². The number of alkyl halides is 1. The Kier molecular flexibility index (Phi) is 7.09. The van der Waals surface area contributed by atoms with E-state index in [0.717, 1.165) is 30.5 Å². The summed E-state index contributed by atoms with van der Waals surface area (Å²) >= 11 is 9.23. The fraction of sp³-hybridized carbons (Fsp3) is 0.538. The smallest absolute Gasteiger partial charge is 0.141 e. The Morgan fingerprint density at radius 1 is 1.35 bits per heavy atom. The van der Waals surface area contributed by atoms with Crippen molar-refractivity contribution in [2.75, 3.05) is 18.4 Å². The van der Waals surface area contributed by atoms with E-state index in [4.69, 9.17) is 11.6 Å². The van der Waals surface area contributed by atoms with Gasteiger partial charge in [0.15, 0.2) is 0 Å². The van der Waals surface area contributed by atoms with Gasteiger partial charge in [0.1, 0.15) is 5.82 Å². The van der Waals surface area contributed by atoms with Crippen LogP contribution >= 0.6 is 27.5 Å². The van der Waals surface area contributed by atoms with E-state index < -0.39 is 0 Å². The zero-order chi connectivity index (χ0) is 12.7. The predicted molar refractivity (Wildman–Crippen MR) is 75.4 cm³/mol. The fourth-order valence-electron chi connectivity index (χ4n) is 1.67. The normalized spacial score (nSPS) is 11.1. The van der Waals surface area contributed by atoms with Gasteiger partial charge in [0.25, 0.3) is 0 Å². The standard InChI is InChI=1S/C13H18BrClFN/c1-2-3-7-17(8-6-14)10-11-4-5-13(16)12(15)9-11/h4-5,9H,2-3,6-8,10H2,1H3. The first-order valence-electron chi connectivity index (χ1n) is 5.89. The van der Waals surface area contributed by atoms with Crippen molar-refractivity contribution in [3.05, 3.63) is 34.6 Å². The Hall–Kier alpha value is -0.120. The van der Waals surface area contributed by atoms with Gasteiger partial charge in [-0.1, -0.05) is 46.9 Å². The molecule has 0 heterocycles. The van der Waals surface area contributed by atoms with Crippen molar-refractivity contribution in [1.82, 2.24) is 4.90 Å². The van der Waals surface area contributed by atoms with Crippen LogP contribution in [0.2, 0.25) is 5.02 Å². The molecule has 0 spiro atoms. The molecule has 1 rings (SSSR count). The molecule has 0 aliphatic carbocycles.